The molecule has 0 aliphatic rings. The number of aromatic nitrogens is 1. The Balaban J connectivity index is 2.86. The highest BCUT2D eigenvalue weighted by atomic mass is 32.2. The van der Waals surface area contributed by atoms with E-state index in [1.165, 1.54) is 18.0 Å². The third-order valence-electron chi connectivity index (χ3n) is 1.43. The van der Waals surface area contributed by atoms with Crippen LogP contribution in [0.15, 0.2) is 35.6 Å². The first-order valence-corrected chi connectivity index (χ1v) is 4.97. The third kappa shape index (κ3) is 2.59. The normalized spacial score (nSPS) is 11.3. The van der Waals surface area contributed by atoms with E-state index in [4.69, 9.17) is 5.73 Å². The maximum absolute atomic E-state index is 11.5. The number of thioether (sulfide) groups is 1. The molecule has 1 aromatic rings. The minimum atomic E-state index is -0.178. The average molecular weight is 194 g/mol. The molecule has 0 spiro atoms. The fourth-order valence-electron chi connectivity index (χ4n) is 0.844. The molecule has 4 heteroatoms. The van der Waals surface area contributed by atoms with Crippen molar-refractivity contribution in [2.24, 2.45) is 5.73 Å². The van der Waals surface area contributed by atoms with E-state index >= 15 is 0 Å². The predicted octanol–water partition coefficient (Wildman–Crippen LogP) is 1.43. The van der Waals surface area contributed by atoms with Crippen molar-refractivity contribution in [3.8, 4) is 0 Å². The van der Waals surface area contributed by atoms with E-state index in [9.17, 15) is 4.79 Å². The lowest BCUT2D eigenvalue weighted by molar-refractivity contribution is 0.103. The smallest absolute Gasteiger partial charge is 0.210 e. The van der Waals surface area contributed by atoms with Crippen LogP contribution in [0.5, 0.6) is 0 Å². The Kier molecular flexibility index (Phi) is 3.52. The molecule has 13 heavy (non-hydrogen) atoms. The van der Waals surface area contributed by atoms with Crippen molar-refractivity contribution in [1.82, 2.24) is 4.98 Å². The summed E-state index contributed by atoms with van der Waals surface area (Å²) in [6, 6.07) is 3.40. The Morgan fingerprint density at radius 3 is 3.00 bits per heavy atom. The molecule has 1 heterocycles. The van der Waals surface area contributed by atoms with Gasteiger partial charge in [0.2, 0.25) is 5.78 Å². The second-order valence-electron chi connectivity index (χ2n) is 2.38. The molecular weight excluding hydrogens is 184 g/mol. The Bertz CT molecular complexity index is 322. The van der Waals surface area contributed by atoms with Gasteiger partial charge in [-0.05, 0) is 23.8 Å². The van der Waals surface area contributed by atoms with Crippen LogP contribution in [-0.4, -0.2) is 17.0 Å². The number of nitrogens with two attached hydrogens (primary N) is 1. The Labute approximate surface area is 81.0 Å². The van der Waals surface area contributed by atoms with E-state index in [-0.39, 0.29) is 11.5 Å². The number of rotatable bonds is 3. The largest absolute Gasteiger partial charge is 0.395 e. The topological polar surface area (TPSA) is 56.0 Å². The molecule has 0 atom stereocenters. The summed E-state index contributed by atoms with van der Waals surface area (Å²) in [6.45, 7) is 0. The van der Waals surface area contributed by atoms with Crippen molar-refractivity contribution in [3.63, 3.8) is 0 Å². The summed E-state index contributed by atoms with van der Waals surface area (Å²) >= 11 is 1.40. The number of nitrogens with zero attached hydrogens (tertiary/aromatic N) is 1. The van der Waals surface area contributed by atoms with E-state index in [0.29, 0.717) is 5.56 Å². The number of hydrogen-bond acceptors (Lipinski definition) is 4. The van der Waals surface area contributed by atoms with Gasteiger partial charge in [-0.15, -0.1) is 11.8 Å². The minimum absolute atomic E-state index is 0.178. The third-order valence-corrected chi connectivity index (χ3v) is 1.92. The van der Waals surface area contributed by atoms with Gasteiger partial charge < -0.3 is 5.73 Å². The molecule has 68 valence electrons. The maximum Gasteiger partial charge on any atom is 0.210 e. The molecule has 0 amide bonds. The molecule has 0 unspecified atom stereocenters. The molecule has 1 rings (SSSR count). The van der Waals surface area contributed by atoms with Crippen LogP contribution in [0, 0.1) is 0 Å². The highest BCUT2D eigenvalue weighted by molar-refractivity contribution is 8.01. The summed E-state index contributed by atoms with van der Waals surface area (Å²) in [4.78, 5) is 15.3. The molecule has 0 aliphatic carbocycles. The number of allylic oxidation sites excluding steroid dienone is 1. The highest BCUT2D eigenvalue weighted by Crippen LogP contribution is 2.05. The lowest BCUT2D eigenvalue weighted by atomic mass is 10.1. The maximum atomic E-state index is 11.5. The zero-order chi connectivity index (χ0) is 9.68. The van der Waals surface area contributed by atoms with Gasteiger partial charge in [-0.2, -0.15) is 0 Å². The van der Waals surface area contributed by atoms with Crippen LogP contribution in [0.1, 0.15) is 10.4 Å². The van der Waals surface area contributed by atoms with Gasteiger partial charge in [0, 0.05) is 18.0 Å². The summed E-state index contributed by atoms with van der Waals surface area (Å²) in [6.07, 6.45) is 4.97. The second kappa shape index (κ2) is 4.67. The van der Waals surface area contributed by atoms with Gasteiger partial charge in [0.1, 0.15) is 0 Å². The average Bonchev–Trinajstić information content (AvgIpc) is 2.18. The van der Waals surface area contributed by atoms with E-state index in [1.807, 2.05) is 6.26 Å². The van der Waals surface area contributed by atoms with Gasteiger partial charge in [-0.1, -0.05) is 0 Å². The molecule has 0 saturated carbocycles. The zero-order valence-electron chi connectivity index (χ0n) is 7.23. The van der Waals surface area contributed by atoms with Gasteiger partial charge in [0.05, 0.1) is 5.70 Å². The Hall–Kier alpha value is -1.29. The number of pyridine rings is 1. The van der Waals surface area contributed by atoms with Crippen LogP contribution in [0.4, 0.5) is 0 Å². The van der Waals surface area contributed by atoms with Gasteiger partial charge in [0.25, 0.3) is 0 Å². The first kappa shape index (κ1) is 9.80. The monoisotopic (exact) mass is 194 g/mol. The fraction of sp³-hybridized carbons (Fsp3) is 0.111. The molecule has 0 saturated heterocycles. The van der Waals surface area contributed by atoms with E-state index < -0.39 is 0 Å². The Morgan fingerprint density at radius 1 is 1.69 bits per heavy atom. The second-order valence-corrected chi connectivity index (χ2v) is 3.09. The molecule has 1 aromatic heterocycles. The number of carbonyl (C=O) groups is 1. The van der Waals surface area contributed by atoms with Crippen LogP contribution in [0.25, 0.3) is 0 Å². The molecular formula is C9H10N2OS. The first-order chi connectivity index (χ1) is 6.25. The van der Waals surface area contributed by atoms with Crippen molar-refractivity contribution in [2.75, 3.05) is 6.26 Å². The quantitative estimate of drug-likeness (QED) is 0.584. The van der Waals surface area contributed by atoms with Crippen LogP contribution < -0.4 is 5.73 Å². The van der Waals surface area contributed by atoms with Crippen LogP contribution >= 0.6 is 11.8 Å². The first-order valence-electron chi connectivity index (χ1n) is 3.69. The number of carbonyl (C=O) groups excluding carboxylic acids is 1. The van der Waals surface area contributed by atoms with Gasteiger partial charge >= 0.3 is 0 Å². The van der Waals surface area contributed by atoms with Crippen molar-refractivity contribution < 1.29 is 4.79 Å². The summed E-state index contributed by atoms with van der Waals surface area (Å²) in [5.74, 6) is -0.178. The molecule has 0 aliphatic heterocycles. The van der Waals surface area contributed by atoms with Crippen LogP contribution in [0.3, 0.4) is 0 Å². The molecule has 3 nitrogen and oxygen atoms in total. The lowest BCUT2D eigenvalue weighted by Gasteiger charge is -1.98. The molecule has 0 radical (unpaired) electrons. The van der Waals surface area contributed by atoms with Crippen molar-refractivity contribution in [2.45, 2.75) is 0 Å². The van der Waals surface area contributed by atoms with E-state index in [1.54, 1.807) is 23.7 Å². The SMILES string of the molecule is CSC=C(N)C(=O)c1cccnc1. The van der Waals surface area contributed by atoms with Gasteiger partial charge in [-0.3, -0.25) is 9.78 Å². The lowest BCUT2D eigenvalue weighted by Crippen LogP contribution is -2.11. The minimum Gasteiger partial charge on any atom is -0.395 e. The highest BCUT2D eigenvalue weighted by Gasteiger charge is 2.07. The summed E-state index contributed by atoms with van der Waals surface area (Å²) in [7, 11) is 0. The molecule has 0 aromatic carbocycles. The van der Waals surface area contributed by atoms with E-state index in [0.717, 1.165) is 0 Å². The molecule has 0 bridgehead atoms. The number of Topliss-reactive ketones (excluding diaryl/α,β-unsaturated/α-hetero) is 1. The number of ketones is 1. The van der Waals surface area contributed by atoms with Gasteiger partial charge in [0.15, 0.2) is 0 Å². The van der Waals surface area contributed by atoms with Crippen molar-refractivity contribution >= 4 is 17.5 Å². The van der Waals surface area contributed by atoms with Crippen LogP contribution in [-0.2, 0) is 0 Å². The van der Waals surface area contributed by atoms with Crippen LogP contribution in [0.2, 0.25) is 0 Å². The van der Waals surface area contributed by atoms with Gasteiger partial charge in [-0.25, -0.2) is 0 Å². The molecule has 2 N–H and O–H groups in total. The Morgan fingerprint density at radius 2 is 2.46 bits per heavy atom. The van der Waals surface area contributed by atoms with E-state index in [2.05, 4.69) is 4.98 Å². The summed E-state index contributed by atoms with van der Waals surface area (Å²) in [5.41, 5.74) is 6.29. The zero-order valence-corrected chi connectivity index (χ0v) is 8.04. The fourth-order valence-corrected chi connectivity index (χ4v) is 1.21. The summed E-state index contributed by atoms with van der Waals surface area (Å²) < 4.78 is 0. The predicted molar refractivity (Wildman–Crippen MR) is 54.4 cm³/mol. The van der Waals surface area contributed by atoms with Crippen molar-refractivity contribution in [3.05, 3.63) is 41.2 Å². The van der Waals surface area contributed by atoms with Crippen molar-refractivity contribution in [1.29, 1.82) is 0 Å². The molecule has 0 fully saturated rings. The summed E-state index contributed by atoms with van der Waals surface area (Å²) in [5, 5.41) is 1.62. The standard InChI is InChI=1S/C9H10N2OS/c1-13-6-8(10)9(12)7-3-2-4-11-5-7/h2-6H,10H2,1H3. The number of hydrogen-bond donors (Lipinski definition) is 1.